The first kappa shape index (κ1) is 52.2. The average molecular weight is 993 g/mol. The number of rotatable bonds is 30. The smallest absolute Gasteiger partial charge is 0.308 e. The lowest BCUT2D eigenvalue weighted by atomic mass is 9.93. The summed E-state index contributed by atoms with van der Waals surface area (Å²) < 4.78 is 118. The molecule has 0 aliphatic rings. The molecule has 2 unspecified atom stereocenters. The standard InChI is InChI=1S/C49H56O14P4/c1-64(50,54-33-43-21-9-3-10-22-43)60-39-49(40-61-65(2,51)55-34-44-23-11-4-12-24-44,41-62-66(52,56-35-45-25-13-5-14-26-45)57-36-46-27-15-6-16-28-46)42-63-67(53,58-37-47-29-17-7-18-30-47)59-38-48-31-19-8-20-32-48/h3-32H,33-42H2,1-2H3. The maximum atomic E-state index is 14.8. The summed E-state index contributed by atoms with van der Waals surface area (Å²) in [6, 6.07) is 54.2. The first-order valence-corrected chi connectivity index (χ1v) is 28.2. The maximum Gasteiger partial charge on any atom is 0.475 e. The molecule has 0 heterocycles. The fourth-order valence-corrected chi connectivity index (χ4v) is 10.4. The fourth-order valence-electron chi connectivity index (χ4n) is 5.93. The third-order valence-corrected chi connectivity index (χ3v) is 14.9. The van der Waals surface area contributed by atoms with E-state index in [-0.39, 0.29) is 39.6 Å². The number of benzene rings is 6. The van der Waals surface area contributed by atoms with Gasteiger partial charge in [0.15, 0.2) is 0 Å². The second-order valence-electron chi connectivity index (χ2n) is 15.6. The number of hydrogen-bond donors (Lipinski definition) is 0. The minimum absolute atomic E-state index is 0.0612. The molecule has 6 aromatic carbocycles. The van der Waals surface area contributed by atoms with Crippen LogP contribution in [0.2, 0.25) is 0 Å². The van der Waals surface area contributed by atoms with Gasteiger partial charge in [-0.2, -0.15) is 0 Å². The van der Waals surface area contributed by atoms with E-state index in [9.17, 15) is 18.3 Å². The minimum atomic E-state index is -4.55. The van der Waals surface area contributed by atoms with Crippen molar-refractivity contribution in [3.05, 3.63) is 215 Å². The normalized spacial score (nSPS) is 14.0. The van der Waals surface area contributed by atoms with Crippen molar-refractivity contribution in [3.63, 3.8) is 0 Å². The summed E-state index contributed by atoms with van der Waals surface area (Å²) in [6.45, 7) is -0.764. The van der Waals surface area contributed by atoms with Gasteiger partial charge >= 0.3 is 30.8 Å². The Morgan fingerprint density at radius 2 is 0.478 bits per heavy atom. The van der Waals surface area contributed by atoms with E-state index in [0.717, 1.165) is 11.1 Å². The monoisotopic (exact) mass is 992 g/mol. The highest BCUT2D eigenvalue weighted by molar-refractivity contribution is 7.53. The molecule has 0 amide bonds. The van der Waals surface area contributed by atoms with Crippen molar-refractivity contribution in [1.29, 1.82) is 0 Å². The van der Waals surface area contributed by atoms with Crippen molar-refractivity contribution < 1.29 is 63.5 Å². The Balaban J connectivity index is 1.34. The summed E-state index contributed by atoms with van der Waals surface area (Å²) in [5.74, 6) is 0. The molecule has 6 rings (SSSR count). The van der Waals surface area contributed by atoms with Crippen LogP contribution in [0.15, 0.2) is 182 Å². The summed E-state index contributed by atoms with van der Waals surface area (Å²) in [5, 5.41) is 0. The Bertz CT molecular complexity index is 2270. The molecule has 0 N–H and O–H groups in total. The Labute approximate surface area is 393 Å². The lowest BCUT2D eigenvalue weighted by Crippen LogP contribution is -2.41. The summed E-state index contributed by atoms with van der Waals surface area (Å²) in [5.41, 5.74) is 2.36. The lowest BCUT2D eigenvalue weighted by molar-refractivity contribution is -0.0353. The van der Waals surface area contributed by atoms with Crippen molar-refractivity contribution >= 4 is 30.8 Å². The molecule has 0 bridgehead atoms. The molecule has 0 aliphatic carbocycles. The molecular weight excluding hydrogens is 936 g/mol. The van der Waals surface area contributed by atoms with E-state index in [2.05, 4.69) is 0 Å². The van der Waals surface area contributed by atoms with Gasteiger partial charge in [-0.1, -0.05) is 182 Å². The highest BCUT2D eigenvalue weighted by atomic mass is 31.2. The van der Waals surface area contributed by atoms with Crippen LogP contribution in [0.25, 0.3) is 0 Å². The van der Waals surface area contributed by atoms with Gasteiger partial charge in [0.2, 0.25) is 0 Å². The topological polar surface area (TPSA) is 161 Å². The zero-order chi connectivity index (χ0) is 47.3. The van der Waals surface area contributed by atoms with Crippen LogP contribution in [0.3, 0.4) is 0 Å². The first-order chi connectivity index (χ1) is 32.3. The van der Waals surface area contributed by atoms with Gasteiger partial charge in [-0.25, -0.2) is 9.13 Å². The van der Waals surface area contributed by atoms with Crippen LogP contribution in [0, 0.1) is 5.41 Å². The molecular formula is C49H56O14P4. The van der Waals surface area contributed by atoms with Crippen molar-refractivity contribution in [2.75, 3.05) is 39.8 Å². The zero-order valence-corrected chi connectivity index (χ0v) is 41.0. The van der Waals surface area contributed by atoms with Crippen LogP contribution in [0.1, 0.15) is 33.4 Å². The van der Waals surface area contributed by atoms with Crippen LogP contribution in [0.4, 0.5) is 0 Å². The predicted molar refractivity (Wildman–Crippen MR) is 256 cm³/mol. The van der Waals surface area contributed by atoms with E-state index in [1.165, 1.54) is 13.3 Å². The summed E-state index contributed by atoms with van der Waals surface area (Å²) in [4.78, 5) is 0. The summed E-state index contributed by atoms with van der Waals surface area (Å²) >= 11 is 0. The number of phosphoric ester groups is 2. The van der Waals surface area contributed by atoms with Gasteiger partial charge in [-0.15, -0.1) is 0 Å². The molecule has 2 atom stereocenters. The Morgan fingerprint density at radius 3 is 0.701 bits per heavy atom. The Morgan fingerprint density at radius 1 is 0.284 bits per heavy atom. The zero-order valence-electron chi connectivity index (χ0n) is 37.4. The van der Waals surface area contributed by atoms with Gasteiger partial charge in [0.05, 0.1) is 71.5 Å². The molecule has 0 aliphatic heterocycles. The molecule has 67 heavy (non-hydrogen) atoms. The molecule has 0 radical (unpaired) electrons. The summed E-state index contributed by atoms with van der Waals surface area (Å²) in [7, 11) is -17.0. The minimum Gasteiger partial charge on any atom is -0.308 e. The second-order valence-corrected chi connectivity index (χ2v) is 23.0. The van der Waals surface area contributed by atoms with Crippen LogP contribution in [-0.2, 0) is 103 Å². The lowest BCUT2D eigenvalue weighted by Gasteiger charge is -2.35. The van der Waals surface area contributed by atoms with Crippen molar-refractivity contribution in [3.8, 4) is 0 Å². The molecule has 0 saturated carbocycles. The highest BCUT2D eigenvalue weighted by Gasteiger charge is 2.43. The molecule has 0 saturated heterocycles. The van der Waals surface area contributed by atoms with Gasteiger partial charge in [-0.05, 0) is 33.4 Å². The first-order valence-electron chi connectivity index (χ1n) is 21.3. The van der Waals surface area contributed by atoms with Gasteiger partial charge < -0.3 is 18.1 Å². The van der Waals surface area contributed by atoms with E-state index in [1.54, 1.807) is 121 Å². The molecule has 356 valence electrons. The largest absolute Gasteiger partial charge is 0.475 e. The van der Waals surface area contributed by atoms with Crippen LogP contribution < -0.4 is 0 Å². The molecule has 6 aromatic rings. The van der Waals surface area contributed by atoms with Crippen LogP contribution in [-0.4, -0.2) is 39.8 Å². The molecule has 0 fully saturated rings. The van der Waals surface area contributed by atoms with E-state index in [1.807, 2.05) is 60.7 Å². The van der Waals surface area contributed by atoms with Gasteiger partial charge in [0.1, 0.15) is 0 Å². The molecule has 0 spiro atoms. The Hall–Kier alpha value is -4.16. The average Bonchev–Trinajstić information content (AvgIpc) is 3.37. The van der Waals surface area contributed by atoms with Gasteiger partial charge in [0, 0.05) is 13.3 Å². The van der Waals surface area contributed by atoms with Crippen molar-refractivity contribution in [2.24, 2.45) is 5.41 Å². The maximum absolute atomic E-state index is 14.8. The number of hydrogen-bond acceptors (Lipinski definition) is 14. The third kappa shape index (κ3) is 19.0. The molecule has 14 nitrogen and oxygen atoms in total. The van der Waals surface area contributed by atoms with Crippen LogP contribution >= 0.6 is 30.8 Å². The highest BCUT2D eigenvalue weighted by Crippen LogP contribution is 2.56. The summed E-state index contributed by atoms with van der Waals surface area (Å²) in [6.07, 6.45) is 0. The van der Waals surface area contributed by atoms with E-state index < -0.39 is 62.7 Å². The SMILES string of the molecule is CP(=O)(OCc1ccccc1)OCC(COP(C)(=O)OCc1ccccc1)(COP(=O)(OCc1ccccc1)OCc1ccccc1)COP(=O)(OCc1ccccc1)OCc1ccccc1. The quantitative estimate of drug-likeness (QED) is 0.0392. The van der Waals surface area contributed by atoms with Gasteiger partial charge in [0.25, 0.3) is 0 Å². The predicted octanol–water partition coefficient (Wildman–Crippen LogP) is 13.2. The molecule has 18 heteroatoms. The van der Waals surface area contributed by atoms with E-state index >= 15 is 0 Å². The van der Waals surface area contributed by atoms with Crippen molar-refractivity contribution in [1.82, 2.24) is 0 Å². The van der Waals surface area contributed by atoms with Gasteiger partial charge in [-0.3, -0.25) is 36.3 Å². The Kier molecular flexibility index (Phi) is 20.3. The molecule has 0 aromatic heterocycles. The van der Waals surface area contributed by atoms with E-state index in [4.69, 9.17) is 45.2 Å². The fraction of sp³-hybridized carbons (Fsp3) is 0.265. The van der Waals surface area contributed by atoms with E-state index in [0.29, 0.717) is 22.3 Å². The number of phosphoric acid groups is 2. The second kappa shape index (κ2) is 26.0. The third-order valence-electron chi connectivity index (χ3n) is 9.81. The van der Waals surface area contributed by atoms with Crippen molar-refractivity contribution in [2.45, 2.75) is 39.6 Å². The van der Waals surface area contributed by atoms with Crippen LogP contribution in [0.5, 0.6) is 0 Å².